The second-order valence-electron chi connectivity index (χ2n) is 20.0. The second kappa shape index (κ2) is 39.2. The van der Waals surface area contributed by atoms with Crippen molar-refractivity contribution in [2.75, 3.05) is 52.9 Å². The van der Waals surface area contributed by atoms with Crippen molar-refractivity contribution in [2.24, 2.45) is 0 Å². The van der Waals surface area contributed by atoms with Crippen molar-refractivity contribution in [1.29, 1.82) is 0 Å². The summed E-state index contributed by atoms with van der Waals surface area (Å²) in [5.41, 5.74) is 4.27. The van der Waals surface area contributed by atoms with Gasteiger partial charge in [-0.2, -0.15) is 0 Å². The molecule has 0 bridgehead atoms. The van der Waals surface area contributed by atoms with Crippen LogP contribution in [0.3, 0.4) is 0 Å². The van der Waals surface area contributed by atoms with E-state index in [2.05, 4.69) is 91.0 Å². The molecule has 0 atom stereocenters. The van der Waals surface area contributed by atoms with E-state index in [0.29, 0.717) is 12.8 Å². The zero-order chi connectivity index (χ0) is 48.7. The maximum Gasteiger partial charge on any atom is 0.224 e. The maximum atomic E-state index is 12.1. The third-order valence-corrected chi connectivity index (χ3v) is 11.9. The molecule has 2 N–H and O–H groups in total. The summed E-state index contributed by atoms with van der Waals surface area (Å²) in [4.78, 5) is 24.2. The van der Waals surface area contributed by atoms with E-state index in [1.54, 1.807) is 0 Å². The van der Waals surface area contributed by atoms with Crippen molar-refractivity contribution in [3.63, 3.8) is 0 Å². The van der Waals surface area contributed by atoms with Crippen LogP contribution in [0.5, 0.6) is 0 Å². The third kappa shape index (κ3) is 42.3. The Bertz CT molecular complexity index is 1430. The minimum absolute atomic E-state index is 0.141. The molecule has 0 aromatic heterocycles. The third-order valence-electron chi connectivity index (χ3n) is 11.9. The van der Waals surface area contributed by atoms with E-state index < -0.39 is 10.4 Å². The Morgan fingerprint density at radius 1 is 0.385 bits per heavy atom. The first-order valence-corrected chi connectivity index (χ1v) is 27.3. The molecule has 65 heavy (non-hydrogen) atoms. The predicted molar refractivity (Wildman–Crippen MR) is 279 cm³/mol. The first-order chi connectivity index (χ1) is 30.9. The summed E-state index contributed by atoms with van der Waals surface area (Å²) in [6.45, 7) is 4.56. The number of quaternary nitrogens is 2. The summed E-state index contributed by atoms with van der Waals surface area (Å²) >= 11 is 0. The quantitative estimate of drug-likeness (QED) is 0.0302. The number of nitrogens with one attached hydrogen (secondary N) is 2. The van der Waals surface area contributed by atoms with E-state index in [4.69, 9.17) is 17.5 Å². The maximum absolute atomic E-state index is 12.1. The number of nitrogens with zero attached hydrogens (tertiary/aromatic N) is 2. The van der Waals surface area contributed by atoms with Gasteiger partial charge in [0.05, 0.1) is 42.3 Å². The van der Waals surface area contributed by atoms with Gasteiger partial charge in [-0.05, 0) is 37.1 Å². The second-order valence-corrected chi connectivity index (χ2v) is 20.8. The highest BCUT2D eigenvalue weighted by Gasteiger charge is 2.13. The first kappa shape index (κ1) is 62.2. The van der Waals surface area contributed by atoms with Crippen LogP contribution in [0.15, 0.2) is 48.5 Å². The highest BCUT2D eigenvalue weighted by molar-refractivity contribution is 7.79. The summed E-state index contributed by atoms with van der Waals surface area (Å²) in [7, 11) is 7.69. The molecule has 0 unspecified atom stereocenters. The van der Waals surface area contributed by atoms with Crippen molar-refractivity contribution in [3.05, 3.63) is 48.5 Å². The molecule has 0 radical (unpaired) electrons. The largest absolute Gasteiger partial charge is 0.759 e. The Morgan fingerprint density at radius 3 is 0.754 bits per heavy atom. The molecule has 0 aliphatic rings. The normalized spacial score (nSPS) is 11.6. The average Bonchev–Trinajstić information content (AvgIpc) is 3.23. The van der Waals surface area contributed by atoms with Crippen LogP contribution in [0.1, 0.15) is 219 Å². The molecule has 2 rings (SSSR count). The average molecular weight is 931 g/mol. The van der Waals surface area contributed by atoms with Gasteiger partial charge in [-0.25, -0.2) is 0 Å². The molecular formula is C54H98N4O6S. The van der Waals surface area contributed by atoms with Crippen LogP contribution in [0.25, 0.3) is 0 Å². The van der Waals surface area contributed by atoms with Gasteiger partial charge in [-0.1, -0.05) is 194 Å². The summed E-state index contributed by atoms with van der Waals surface area (Å²) in [5, 5.41) is 6.05. The summed E-state index contributed by atoms with van der Waals surface area (Å²) in [5.74, 6) is 0.283. The lowest BCUT2D eigenvalue weighted by atomic mass is 10.0. The Morgan fingerprint density at radius 2 is 0.569 bits per heavy atom. The van der Waals surface area contributed by atoms with E-state index in [9.17, 15) is 9.59 Å². The van der Waals surface area contributed by atoms with Gasteiger partial charge >= 0.3 is 0 Å². The smallest absolute Gasteiger partial charge is 0.224 e. The fourth-order valence-electron chi connectivity index (χ4n) is 7.74. The van der Waals surface area contributed by atoms with Crippen molar-refractivity contribution in [2.45, 2.75) is 219 Å². The SMILES string of the molecule is CCCCCCCCCCCCCCCCCC(=O)Nc1ccc([N+](C)(C)C)cc1.CCCCCCCCCCCCCCCCCC(=O)Nc1ccc([N+](C)(C)C)cc1.O=S(=O)([O-])[O-]. The molecule has 376 valence electrons. The lowest BCUT2D eigenvalue weighted by molar-refractivity contribution is -0.117. The minimum Gasteiger partial charge on any atom is -0.759 e. The number of unbranched alkanes of at least 4 members (excludes halogenated alkanes) is 28. The molecule has 0 heterocycles. The first-order valence-electron chi connectivity index (χ1n) is 26.0. The highest BCUT2D eigenvalue weighted by atomic mass is 32.3. The number of carbonyl (C=O) groups excluding carboxylic acids is 2. The number of benzene rings is 2. The minimum atomic E-state index is -5.17. The number of anilines is 2. The van der Waals surface area contributed by atoms with Crippen molar-refractivity contribution >= 4 is 45.0 Å². The molecule has 2 aromatic carbocycles. The van der Waals surface area contributed by atoms with Gasteiger partial charge in [0, 0.05) is 58.9 Å². The van der Waals surface area contributed by atoms with Gasteiger partial charge in [0.15, 0.2) is 0 Å². The molecule has 2 aromatic rings. The highest BCUT2D eigenvalue weighted by Crippen LogP contribution is 2.22. The number of hydrogen-bond acceptors (Lipinski definition) is 6. The number of amides is 2. The predicted octanol–water partition coefficient (Wildman–Crippen LogP) is 14.8. The summed E-state index contributed by atoms with van der Waals surface area (Å²) in [6, 6.07) is 16.4. The van der Waals surface area contributed by atoms with E-state index in [1.807, 2.05) is 24.3 Å². The van der Waals surface area contributed by atoms with Gasteiger partial charge in [-0.3, -0.25) is 27.0 Å². The van der Waals surface area contributed by atoms with E-state index >= 15 is 0 Å². The summed E-state index contributed by atoms with van der Waals surface area (Å²) < 4.78 is 35.7. The number of rotatable bonds is 36. The van der Waals surface area contributed by atoms with Gasteiger partial charge < -0.3 is 19.7 Å². The van der Waals surface area contributed by atoms with Crippen LogP contribution in [0.2, 0.25) is 0 Å². The molecule has 2 amide bonds. The van der Waals surface area contributed by atoms with Crippen LogP contribution in [0, 0.1) is 0 Å². The lowest BCUT2D eigenvalue weighted by Gasteiger charge is -2.23. The zero-order valence-electron chi connectivity index (χ0n) is 43.0. The Balaban J connectivity index is 0.00000114. The van der Waals surface area contributed by atoms with E-state index in [-0.39, 0.29) is 11.8 Å². The number of hydrogen-bond donors (Lipinski definition) is 2. The van der Waals surface area contributed by atoms with Crippen molar-refractivity contribution in [1.82, 2.24) is 8.97 Å². The molecule has 0 aliphatic heterocycles. The van der Waals surface area contributed by atoms with E-state index in [0.717, 1.165) is 33.2 Å². The van der Waals surface area contributed by atoms with Crippen molar-refractivity contribution < 1.29 is 27.1 Å². The number of carbonyl (C=O) groups is 2. The van der Waals surface area contributed by atoms with Crippen LogP contribution in [-0.4, -0.2) is 71.6 Å². The standard InChI is InChI=1S/2C27H48N2O.H2O4S/c2*1-5-6-7-8-9-10-11-12-13-14-15-16-17-18-19-20-27(30)28-25-21-23-26(24-22-25)29(2,3)4;1-5(2,3)4/h2*21-24H,5-20H2,1-4H3;(H2,1,2,3,4). The Hall–Kier alpha value is -2.83. The molecule has 0 saturated carbocycles. The van der Waals surface area contributed by atoms with Crippen LogP contribution >= 0.6 is 0 Å². The molecule has 10 nitrogen and oxygen atoms in total. The molecule has 0 aliphatic carbocycles. The molecule has 0 fully saturated rings. The monoisotopic (exact) mass is 931 g/mol. The van der Waals surface area contributed by atoms with Gasteiger partial charge in [-0.15, -0.1) is 0 Å². The Labute approximate surface area is 400 Å². The molecule has 11 heteroatoms. The van der Waals surface area contributed by atoms with Crippen LogP contribution in [-0.2, 0) is 20.0 Å². The zero-order valence-corrected chi connectivity index (χ0v) is 43.8. The van der Waals surface area contributed by atoms with Crippen LogP contribution in [0.4, 0.5) is 22.7 Å². The fraction of sp³-hybridized carbons (Fsp3) is 0.741. The van der Waals surface area contributed by atoms with Gasteiger partial charge in [0.25, 0.3) is 0 Å². The van der Waals surface area contributed by atoms with Crippen LogP contribution < -0.4 is 19.6 Å². The van der Waals surface area contributed by atoms with E-state index in [1.165, 1.54) is 191 Å². The topological polar surface area (TPSA) is 138 Å². The Kier molecular flexibility index (Phi) is 37.5. The van der Waals surface area contributed by atoms with Gasteiger partial charge in [0.1, 0.15) is 11.4 Å². The fourth-order valence-corrected chi connectivity index (χ4v) is 7.74. The van der Waals surface area contributed by atoms with Gasteiger partial charge in [0.2, 0.25) is 11.8 Å². The molecular weight excluding hydrogens is 833 g/mol. The molecule has 0 saturated heterocycles. The van der Waals surface area contributed by atoms with Crippen molar-refractivity contribution in [3.8, 4) is 0 Å². The molecule has 0 spiro atoms. The lowest BCUT2D eigenvalue weighted by Crippen LogP contribution is -2.34. The summed E-state index contributed by atoms with van der Waals surface area (Å²) in [6.07, 6.45) is 41.8.